The first-order chi connectivity index (χ1) is 12.5. The van der Waals surface area contributed by atoms with Crippen molar-refractivity contribution in [2.75, 3.05) is 36.0 Å². The highest BCUT2D eigenvalue weighted by Gasteiger charge is 2.48. The van der Waals surface area contributed by atoms with Gasteiger partial charge in [-0.1, -0.05) is 18.2 Å². The summed E-state index contributed by atoms with van der Waals surface area (Å²) in [5.41, 5.74) is 1.33. The van der Waals surface area contributed by atoms with Gasteiger partial charge in [-0.3, -0.25) is 4.79 Å². The van der Waals surface area contributed by atoms with Gasteiger partial charge in [0.05, 0.1) is 12.2 Å². The number of halogens is 1. The average Bonchev–Trinajstić information content (AvgIpc) is 2.83. The lowest BCUT2D eigenvalue weighted by Gasteiger charge is -2.32. The highest BCUT2D eigenvalue weighted by atomic mass is 19.1. The molecule has 5 nitrogen and oxygen atoms in total. The lowest BCUT2D eigenvalue weighted by atomic mass is 9.95. The lowest BCUT2D eigenvalue weighted by molar-refractivity contribution is -0.134. The first-order valence-corrected chi connectivity index (χ1v) is 8.86. The number of anilines is 2. The molecule has 0 bridgehead atoms. The van der Waals surface area contributed by atoms with Crippen molar-refractivity contribution in [2.45, 2.75) is 19.1 Å². The molecular weight excluding hydrogens is 333 g/mol. The molecule has 1 unspecified atom stereocenters. The smallest absolute Gasteiger partial charge is 0.263 e. The maximum absolute atomic E-state index is 13.5. The molecule has 1 fully saturated rings. The van der Waals surface area contributed by atoms with Crippen molar-refractivity contribution in [3.63, 3.8) is 0 Å². The van der Waals surface area contributed by atoms with Gasteiger partial charge in [0.15, 0.2) is 5.60 Å². The molecule has 2 aliphatic rings. The molecule has 0 spiro atoms. The molecule has 26 heavy (non-hydrogen) atoms. The van der Waals surface area contributed by atoms with E-state index >= 15 is 0 Å². The molecule has 2 aromatic carbocycles. The largest absolute Gasteiger partial charge is 0.375 e. The van der Waals surface area contributed by atoms with Gasteiger partial charge < -0.3 is 20.2 Å². The van der Waals surface area contributed by atoms with Crippen molar-refractivity contribution in [1.29, 1.82) is 0 Å². The van der Waals surface area contributed by atoms with Crippen molar-refractivity contribution >= 4 is 17.3 Å². The summed E-state index contributed by atoms with van der Waals surface area (Å²) in [4.78, 5) is 16.7. The van der Waals surface area contributed by atoms with Gasteiger partial charge in [0.2, 0.25) is 0 Å². The molecule has 4 rings (SSSR count). The van der Waals surface area contributed by atoms with E-state index in [1.54, 1.807) is 24.0 Å². The number of benzene rings is 2. The molecule has 0 saturated carbocycles. The standard InChI is InChI=1S/C20H22FN3O2/c1-20(26)18-16(23-10-8-22-9-11-23)6-3-7-17(18)24(19(20)25)13-14-4-2-5-15(21)12-14/h2-7,12,22,26H,8-11,13H2,1H3. The maximum Gasteiger partial charge on any atom is 0.263 e. The number of aliphatic hydroxyl groups is 1. The molecule has 0 radical (unpaired) electrons. The number of carbonyl (C=O) groups is 1. The van der Waals surface area contributed by atoms with Crippen LogP contribution in [0.3, 0.4) is 0 Å². The minimum absolute atomic E-state index is 0.227. The number of hydrogen-bond acceptors (Lipinski definition) is 4. The molecule has 2 aromatic rings. The molecular formula is C20H22FN3O2. The second kappa shape index (κ2) is 6.37. The summed E-state index contributed by atoms with van der Waals surface area (Å²) < 4.78 is 13.5. The van der Waals surface area contributed by atoms with Gasteiger partial charge in [0.25, 0.3) is 5.91 Å². The van der Waals surface area contributed by atoms with E-state index in [2.05, 4.69) is 10.2 Å². The quantitative estimate of drug-likeness (QED) is 0.884. The number of piperazine rings is 1. The molecule has 2 aliphatic heterocycles. The fourth-order valence-electron chi connectivity index (χ4n) is 3.88. The number of hydrogen-bond donors (Lipinski definition) is 2. The summed E-state index contributed by atoms with van der Waals surface area (Å²) in [6.45, 7) is 5.16. The SMILES string of the molecule is CC1(O)C(=O)N(Cc2cccc(F)c2)c2cccc(N3CCNCC3)c21. The monoisotopic (exact) mass is 355 g/mol. The van der Waals surface area contributed by atoms with E-state index in [1.807, 2.05) is 18.2 Å². The minimum atomic E-state index is -1.59. The van der Waals surface area contributed by atoms with Crippen LogP contribution >= 0.6 is 0 Å². The molecule has 1 amide bonds. The van der Waals surface area contributed by atoms with Crippen molar-refractivity contribution in [1.82, 2.24) is 5.32 Å². The zero-order chi connectivity index (χ0) is 18.3. The lowest BCUT2D eigenvalue weighted by Crippen LogP contribution is -2.44. The molecule has 2 heterocycles. The Hall–Kier alpha value is -2.44. The molecule has 136 valence electrons. The Bertz CT molecular complexity index is 847. The van der Waals surface area contributed by atoms with Crippen LogP contribution in [0.5, 0.6) is 0 Å². The van der Waals surface area contributed by atoms with Crippen molar-refractivity contribution in [3.8, 4) is 0 Å². The number of carbonyl (C=O) groups excluding carboxylic acids is 1. The summed E-state index contributed by atoms with van der Waals surface area (Å²) >= 11 is 0. The first kappa shape index (κ1) is 17.0. The van der Waals surface area contributed by atoms with Crippen LogP contribution in [0.15, 0.2) is 42.5 Å². The molecule has 1 saturated heterocycles. The molecule has 0 aromatic heterocycles. The fraction of sp³-hybridized carbons (Fsp3) is 0.350. The highest BCUT2D eigenvalue weighted by molar-refractivity contribution is 6.08. The Morgan fingerprint density at radius 2 is 1.85 bits per heavy atom. The van der Waals surface area contributed by atoms with Gasteiger partial charge in [-0.05, 0) is 36.8 Å². The number of rotatable bonds is 3. The van der Waals surface area contributed by atoms with Crippen LogP contribution in [0, 0.1) is 5.82 Å². The molecule has 6 heteroatoms. The van der Waals surface area contributed by atoms with E-state index in [4.69, 9.17) is 0 Å². The summed E-state index contributed by atoms with van der Waals surface area (Å²) in [7, 11) is 0. The second-order valence-corrected chi connectivity index (χ2v) is 7.00. The number of nitrogens with one attached hydrogen (secondary N) is 1. The van der Waals surface area contributed by atoms with Gasteiger partial charge in [-0.25, -0.2) is 4.39 Å². The first-order valence-electron chi connectivity index (χ1n) is 8.86. The average molecular weight is 355 g/mol. The van der Waals surface area contributed by atoms with E-state index in [1.165, 1.54) is 12.1 Å². The van der Waals surface area contributed by atoms with E-state index in [9.17, 15) is 14.3 Å². The normalized spacial score (nSPS) is 22.7. The Morgan fingerprint density at radius 3 is 2.58 bits per heavy atom. The van der Waals surface area contributed by atoms with Crippen LogP contribution in [-0.2, 0) is 16.9 Å². The van der Waals surface area contributed by atoms with Crippen molar-refractivity contribution < 1.29 is 14.3 Å². The molecule has 0 aliphatic carbocycles. The fourth-order valence-corrected chi connectivity index (χ4v) is 3.88. The highest BCUT2D eigenvalue weighted by Crippen LogP contribution is 2.46. The molecule has 2 N–H and O–H groups in total. The Kier molecular flexibility index (Phi) is 4.17. The van der Waals surface area contributed by atoms with Gasteiger partial charge in [0.1, 0.15) is 5.82 Å². The van der Waals surface area contributed by atoms with Crippen LogP contribution in [0.25, 0.3) is 0 Å². The van der Waals surface area contributed by atoms with Gasteiger partial charge >= 0.3 is 0 Å². The predicted octanol–water partition coefficient (Wildman–Crippen LogP) is 1.99. The van der Waals surface area contributed by atoms with Gasteiger partial charge in [-0.2, -0.15) is 0 Å². The number of fused-ring (bicyclic) bond motifs is 1. The third kappa shape index (κ3) is 2.75. The van der Waals surface area contributed by atoms with E-state index < -0.39 is 5.60 Å². The van der Waals surface area contributed by atoms with Crippen molar-refractivity contribution in [3.05, 3.63) is 59.4 Å². The minimum Gasteiger partial charge on any atom is -0.375 e. The molecule has 1 atom stereocenters. The Labute approximate surface area is 152 Å². The van der Waals surface area contributed by atoms with E-state index in [0.29, 0.717) is 16.8 Å². The Morgan fingerprint density at radius 1 is 1.15 bits per heavy atom. The van der Waals surface area contributed by atoms with E-state index in [-0.39, 0.29) is 18.3 Å². The van der Waals surface area contributed by atoms with Crippen LogP contribution in [0.2, 0.25) is 0 Å². The summed E-state index contributed by atoms with van der Waals surface area (Å²) in [5, 5.41) is 14.3. The van der Waals surface area contributed by atoms with Gasteiger partial charge in [-0.15, -0.1) is 0 Å². The number of nitrogens with zero attached hydrogens (tertiary/aromatic N) is 2. The summed E-state index contributed by atoms with van der Waals surface area (Å²) in [6, 6.07) is 11.9. The van der Waals surface area contributed by atoms with Crippen LogP contribution in [0.1, 0.15) is 18.1 Å². The zero-order valence-electron chi connectivity index (χ0n) is 14.7. The van der Waals surface area contributed by atoms with Crippen LogP contribution < -0.4 is 15.1 Å². The van der Waals surface area contributed by atoms with Crippen LogP contribution in [0.4, 0.5) is 15.8 Å². The van der Waals surface area contributed by atoms with E-state index in [0.717, 1.165) is 31.9 Å². The summed E-state index contributed by atoms with van der Waals surface area (Å²) in [5.74, 6) is -0.713. The predicted molar refractivity (Wildman–Crippen MR) is 98.7 cm³/mol. The second-order valence-electron chi connectivity index (χ2n) is 7.00. The topological polar surface area (TPSA) is 55.8 Å². The third-order valence-electron chi connectivity index (χ3n) is 5.15. The number of amides is 1. The van der Waals surface area contributed by atoms with Gasteiger partial charge in [0, 0.05) is 37.4 Å². The van der Waals surface area contributed by atoms with Crippen LogP contribution in [-0.4, -0.2) is 37.2 Å². The maximum atomic E-state index is 13.5. The Balaban J connectivity index is 1.75. The zero-order valence-corrected chi connectivity index (χ0v) is 14.7. The third-order valence-corrected chi connectivity index (χ3v) is 5.15. The van der Waals surface area contributed by atoms with Crippen molar-refractivity contribution in [2.24, 2.45) is 0 Å². The summed E-state index contributed by atoms with van der Waals surface area (Å²) in [6.07, 6.45) is 0.